The summed E-state index contributed by atoms with van der Waals surface area (Å²) in [5.41, 5.74) is 0. The Morgan fingerprint density at radius 1 is 1.52 bits per heavy atom. The van der Waals surface area contributed by atoms with Crippen molar-refractivity contribution in [3.05, 3.63) is 20.8 Å². The molecule has 114 valence electrons. The molecule has 1 N–H and O–H groups in total. The minimum atomic E-state index is -0.773. The SMILES string of the molecule is CN(Cc1cc(Br)cs1)C(=O)N1C2CCC1C(C(=O)O)C2. The van der Waals surface area contributed by atoms with Crippen molar-refractivity contribution in [3.63, 3.8) is 0 Å². The Kier molecular flexibility index (Phi) is 3.96. The summed E-state index contributed by atoms with van der Waals surface area (Å²) >= 11 is 5.02. The van der Waals surface area contributed by atoms with Crippen LogP contribution in [-0.2, 0) is 11.3 Å². The molecule has 3 unspecified atom stereocenters. The van der Waals surface area contributed by atoms with Gasteiger partial charge in [-0.25, -0.2) is 4.79 Å². The summed E-state index contributed by atoms with van der Waals surface area (Å²) in [5.74, 6) is -1.16. The first-order chi connectivity index (χ1) is 9.97. The van der Waals surface area contributed by atoms with Crippen LogP contribution in [0, 0.1) is 5.92 Å². The first kappa shape index (κ1) is 14.8. The van der Waals surface area contributed by atoms with Crippen LogP contribution in [0.4, 0.5) is 4.79 Å². The largest absolute Gasteiger partial charge is 0.481 e. The van der Waals surface area contributed by atoms with E-state index in [4.69, 9.17) is 0 Å². The standard InChI is InChI=1S/C14H17BrN2O3S/c1-16(6-10-4-8(15)7-21-10)14(20)17-9-2-3-12(17)11(5-9)13(18)19/h4,7,9,11-12H,2-3,5-6H2,1H3,(H,18,19). The molecule has 5 nitrogen and oxygen atoms in total. The highest BCUT2D eigenvalue weighted by atomic mass is 79.9. The van der Waals surface area contributed by atoms with Gasteiger partial charge in [-0.3, -0.25) is 4.79 Å². The number of thiophene rings is 1. The lowest BCUT2D eigenvalue weighted by Gasteiger charge is -2.28. The van der Waals surface area contributed by atoms with Crippen LogP contribution in [-0.4, -0.2) is 46.0 Å². The van der Waals surface area contributed by atoms with E-state index >= 15 is 0 Å². The molecular weight excluding hydrogens is 356 g/mol. The Bertz CT molecular complexity index is 576. The van der Waals surface area contributed by atoms with Crippen molar-refractivity contribution < 1.29 is 14.7 Å². The van der Waals surface area contributed by atoms with Gasteiger partial charge in [0.15, 0.2) is 0 Å². The van der Waals surface area contributed by atoms with Crippen LogP contribution in [0.2, 0.25) is 0 Å². The molecule has 0 aromatic carbocycles. The number of rotatable bonds is 3. The Hall–Kier alpha value is -1.08. The maximum Gasteiger partial charge on any atom is 0.320 e. The summed E-state index contributed by atoms with van der Waals surface area (Å²) in [5, 5.41) is 11.3. The lowest BCUT2D eigenvalue weighted by molar-refractivity contribution is -0.142. The molecule has 3 atom stereocenters. The van der Waals surface area contributed by atoms with Gasteiger partial charge in [-0.15, -0.1) is 11.3 Å². The average molecular weight is 373 g/mol. The van der Waals surface area contributed by atoms with E-state index in [-0.39, 0.29) is 18.1 Å². The predicted octanol–water partition coefficient (Wildman–Crippen LogP) is 3.00. The molecule has 2 amide bonds. The quantitative estimate of drug-likeness (QED) is 0.886. The van der Waals surface area contributed by atoms with Crippen molar-refractivity contribution in [2.24, 2.45) is 5.92 Å². The van der Waals surface area contributed by atoms with E-state index in [1.54, 1.807) is 28.2 Å². The highest BCUT2D eigenvalue weighted by Crippen LogP contribution is 2.42. The predicted molar refractivity (Wildman–Crippen MR) is 83.3 cm³/mol. The zero-order valence-corrected chi connectivity index (χ0v) is 14.1. The molecule has 2 aliphatic heterocycles. The van der Waals surface area contributed by atoms with E-state index in [9.17, 15) is 14.7 Å². The maximum absolute atomic E-state index is 12.6. The summed E-state index contributed by atoms with van der Waals surface area (Å²) in [6.07, 6.45) is 2.34. The number of halogens is 1. The number of carbonyl (C=O) groups excluding carboxylic acids is 1. The lowest BCUT2D eigenvalue weighted by atomic mass is 9.89. The molecule has 7 heteroatoms. The van der Waals surface area contributed by atoms with Crippen molar-refractivity contribution in [3.8, 4) is 0 Å². The summed E-state index contributed by atoms with van der Waals surface area (Å²) in [4.78, 5) is 28.5. The number of hydrogen-bond donors (Lipinski definition) is 1. The molecule has 21 heavy (non-hydrogen) atoms. The molecule has 2 saturated heterocycles. The van der Waals surface area contributed by atoms with Crippen molar-refractivity contribution >= 4 is 39.3 Å². The van der Waals surface area contributed by atoms with E-state index in [0.29, 0.717) is 13.0 Å². The average Bonchev–Trinajstić information content (AvgIpc) is 3.12. The number of aliphatic carboxylic acids is 1. The fourth-order valence-electron chi connectivity index (χ4n) is 3.49. The molecule has 2 bridgehead atoms. The Labute approximate surface area is 135 Å². The number of urea groups is 1. The first-order valence-electron chi connectivity index (χ1n) is 6.96. The maximum atomic E-state index is 12.6. The minimum absolute atomic E-state index is 0.0456. The normalized spacial score (nSPS) is 27.1. The van der Waals surface area contributed by atoms with E-state index in [0.717, 1.165) is 22.2 Å². The van der Waals surface area contributed by atoms with Crippen LogP contribution >= 0.6 is 27.3 Å². The van der Waals surface area contributed by atoms with Gasteiger partial charge in [0.2, 0.25) is 0 Å². The minimum Gasteiger partial charge on any atom is -0.481 e. The van der Waals surface area contributed by atoms with Gasteiger partial charge in [0.25, 0.3) is 0 Å². The molecule has 1 aromatic heterocycles. The second kappa shape index (κ2) is 5.61. The number of carboxylic acid groups (broad SMARTS) is 1. The van der Waals surface area contributed by atoms with Gasteiger partial charge in [0.05, 0.1) is 12.5 Å². The molecule has 3 rings (SSSR count). The van der Waals surface area contributed by atoms with Crippen LogP contribution in [0.15, 0.2) is 15.9 Å². The third-order valence-electron chi connectivity index (χ3n) is 4.42. The van der Waals surface area contributed by atoms with Crippen LogP contribution in [0.25, 0.3) is 0 Å². The van der Waals surface area contributed by atoms with Crippen LogP contribution in [0.5, 0.6) is 0 Å². The molecule has 0 aliphatic carbocycles. The number of carbonyl (C=O) groups is 2. The topological polar surface area (TPSA) is 60.9 Å². The van der Waals surface area contributed by atoms with Crippen molar-refractivity contribution in [2.45, 2.75) is 37.9 Å². The zero-order chi connectivity index (χ0) is 15.1. The molecule has 0 radical (unpaired) electrons. The molecule has 1 aromatic rings. The summed E-state index contributed by atoms with van der Waals surface area (Å²) in [7, 11) is 1.78. The molecule has 2 aliphatic rings. The number of fused-ring (bicyclic) bond motifs is 2. The molecule has 0 spiro atoms. The molecule has 3 heterocycles. The Balaban J connectivity index is 1.69. The second-order valence-corrected chi connectivity index (χ2v) is 7.67. The van der Waals surface area contributed by atoms with Crippen LogP contribution in [0.3, 0.4) is 0 Å². The third-order valence-corrected chi connectivity index (χ3v) is 6.10. The highest BCUT2D eigenvalue weighted by Gasteiger charge is 2.51. The van der Waals surface area contributed by atoms with Gasteiger partial charge in [-0.1, -0.05) is 0 Å². The van der Waals surface area contributed by atoms with Gasteiger partial charge >= 0.3 is 12.0 Å². The van der Waals surface area contributed by atoms with Gasteiger partial charge in [0.1, 0.15) is 0 Å². The van der Waals surface area contributed by atoms with Gasteiger partial charge in [-0.2, -0.15) is 0 Å². The monoisotopic (exact) mass is 372 g/mol. The Morgan fingerprint density at radius 3 is 2.86 bits per heavy atom. The van der Waals surface area contributed by atoms with Crippen molar-refractivity contribution in [1.29, 1.82) is 0 Å². The summed E-state index contributed by atoms with van der Waals surface area (Å²) in [6, 6.07) is 1.93. The van der Waals surface area contributed by atoms with E-state index < -0.39 is 11.9 Å². The van der Waals surface area contributed by atoms with Gasteiger partial charge in [-0.05, 0) is 41.3 Å². The molecular formula is C14H17BrN2O3S. The summed E-state index contributed by atoms with van der Waals surface area (Å²) in [6.45, 7) is 0.558. The highest BCUT2D eigenvalue weighted by molar-refractivity contribution is 9.10. The third kappa shape index (κ3) is 2.68. The Morgan fingerprint density at radius 2 is 2.29 bits per heavy atom. The lowest BCUT2D eigenvalue weighted by Crippen LogP contribution is -2.44. The number of nitrogens with zero attached hydrogens (tertiary/aromatic N) is 2. The van der Waals surface area contributed by atoms with E-state index in [1.165, 1.54) is 0 Å². The van der Waals surface area contributed by atoms with Gasteiger partial charge < -0.3 is 14.9 Å². The van der Waals surface area contributed by atoms with Crippen LogP contribution < -0.4 is 0 Å². The number of hydrogen-bond acceptors (Lipinski definition) is 3. The number of carboxylic acids is 1. The van der Waals surface area contributed by atoms with E-state index in [1.807, 2.05) is 11.4 Å². The summed E-state index contributed by atoms with van der Waals surface area (Å²) < 4.78 is 1.02. The van der Waals surface area contributed by atoms with Gasteiger partial charge in [0, 0.05) is 33.9 Å². The first-order valence-corrected chi connectivity index (χ1v) is 8.63. The fourth-order valence-corrected chi connectivity index (χ4v) is 4.99. The van der Waals surface area contributed by atoms with E-state index in [2.05, 4.69) is 15.9 Å². The second-order valence-electron chi connectivity index (χ2n) is 5.76. The fraction of sp³-hybridized carbons (Fsp3) is 0.571. The van der Waals surface area contributed by atoms with Crippen molar-refractivity contribution in [1.82, 2.24) is 9.80 Å². The molecule has 0 saturated carbocycles. The number of amides is 2. The molecule has 2 fully saturated rings. The van der Waals surface area contributed by atoms with Crippen LogP contribution in [0.1, 0.15) is 24.1 Å². The smallest absolute Gasteiger partial charge is 0.320 e. The zero-order valence-electron chi connectivity index (χ0n) is 11.7. The van der Waals surface area contributed by atoms with Crippen molar-refractivity contribution in [2.75, 3.05) is 7.05 Å².